The second kappa shape index (κ2) is 6.35. The molecular formula is C12H13ClFNO3. The fourth-order valence-electron chi connectivity index (χ4n) is 1.46. The summed E-state index contributed by atoms with van der Waals surface area (Å²) in [6.45, 7) is 1.79. The molecule has 1 atom stereocenters. The zero-order valence-corrected chi connectivity index (χ0v) is 10.5. The van der Waals surface area contributed by atoms with Crippen molar-refractivity contribution < 1.29 is 19.1 Å². The Morgan fingerprint density at radius 2 is 2.17 bits per heavy atom. The van der Waals surface area contributed by atoms with Gasteiger partial charge in [-0.15, -0.1) is 0 Å². The summed E-state index contributed by atoms with van der Waals surface area (Å²) in [6.07, 6.45) is 0.874. The molecule has 0 bridgehead atoms. The van der Waals surface area contributed by atoms with E-state index in [-0.39, 0.29) is 17.0 Å². The van der Waals surface area contributed by atoms with E-state index in [9.17, 15) is 14.0 Å². The lowest BCUT2D eigenvalue weighted by molar-refractivity contribution is -0.139. The van der Waals surface area contributed by atoms with Gasteiger partial charge in [0, 0.05) is 0 Å². The van der Waals surface area contributed by atoms with Crippen LogP contribution in [0.5, 0.6) is 0 Å². The van der Waals surface area contributed by atoms with Crippen molar-refractivity contribution in [1.29, 1.82) is 0 Å². The number of amides is 1. The van der Waals surface area contributed by atoms with E-state index in [4.69, 9.17) is 16.7 Å². The van der Waals surface area contributed by atoms with Gasteiger partial charge in [0.25, 0.3) is 5.91 Å². The average molecular weight is 274 g/mol. The molecule has 0 saturated heterocycles. The summed E-state index contributed by atoms with van der Waals surface area (Å²) in [5.74, 6) is -2.78. The summed E-state index contributed by atoms with van der Waals surface area (Å²) in [4.78, 5) is 22.6. The van der Waals surface area contributed by atoms with Crippen LogP contribution in [0.2, 0.25) is 5.02 Å². The predicted octanol–water partition coefficient (Wildman–Crippen LogP) is 2.46. The molecule has 4 nitrogen and oxygen atoms in total. The van der Waals surface area contributed by atoms with Crippen molar-refractivity contribution in [3.05, 3.63) is 34.6 Å². The van der Waals surface area contributed by atoms with Crippen LogP contribution < -0.4 is 5.32 Å². The standard InChI is InChI=1S/C12H13ClFNO3/c1-2-4-9(12(17)18)15-11(16)7-5-3-6-8(13)10(7)14/h3,5-6,9H,2,4H2,1H3,(H,15,16)(H,17,18). The fraction of sp³-hybridized carbons (Fsp3) is 0.333. The lowest BCUT2D eigenvalue weighted by Crippen LogP contribution is -2.40. The maximum atomic E-state index is 13.5. The molecule has 0 saturated carbocycles. The van der Waals surface area contributed by atoms with Crippen molar-refractivity contribution in [2.45, 2.75) is 25.8 Å². The maximum absolute atomic E-state index is 13.5. The maximum Gasteiger partial charge on any atom is 0.326 e. The Hall–Kier alpha value is -1.62. The minimum atomic E-state index is -1.15. The van der Waals surface area contributed by atoms with Crippen LogP contribution in [-0.4, -0.2) is 23.0 Å². The second-order valence-corrected chi connectivity index (χ2v) is 4.16. The lowest BCUT2D eigenvalue weighted by Gasteiger charge is -2.13. The molecule has 0 radical (unpaired) electrons. The summed E-state index contributed by atoms with van der Waals surface area (Å²) in [6, 6.07) is 2.96. The topological polar surface area (TPSA) is 66.4 Å². The molecule has 0 aliphatic heterocycles. The Bertz CT molecular complexity index is 465. The van der Waals surface area contributed by atoms with E-state index < -0.39 is 23.7 Å². The Morgan fingerprint density at radius 3 is 2.72 bits per heavy atom. The first-order valence-electron chi connectivity index (χ1n) is 5.45. The first-order valence-corrected chi connectivity index (χ1v) is 5.82. The van der Waals surface area contributed by atoms with Crippen molar-refractivity contribution in [1.82, 2.24) is 5.32 Å². The van der Waals surface area contributed by atoms with Crippen molar-refractivity contribution in [2.24, 2.45) is 0 Å². The molecule has 0 heterocycles. The summed E-state index contributed by atoms with van der Waals surface area (Å²) >= 11 is 5.55. The number of carbonyl (C=O) groups excluding carboxylic acids is 1. The van der Waals surface area contributed by atoms with Crippen LogP contribution in [0.1, 0.15) is 30.1 Å². The molecule has 1 unspecified atom stereocenters. The number of hydrogen-bond acceptors (Lipinski definition) is 2. The number of hydrogen-bond donors (Lipinski definition) is 2. The zero-order valence-electron chi connectivity index (χ0n) is 9.74. The number of carbonyl (C=O) groups is 2. The van der Waals surface area contributed by atoms with E-state index in [1.54, 1.807) is 6.92 Å². The van der Waals surface area contributed by atoms with E-state index in [1.807, 2.05) is 0 Å². The summed E-state index contributed by atoms with van der Waals surface area (Å²) in [5, 5.41) is 11.0. The van der Waals surface area contributed by atoms with Crippen LogP contribution in [0.3, 0.4) is 0 Å². The first kappa shape index (κ1) is 14.4. The van der Waals surface area contributed by atoms with Crippen molar-refractivity contribution >= 4 is 23.5 Å². The van der Waals surface area contributed by atoms with E-state index in [2.05, 4.69) is 5.32 Å². The molecule has 6 heteroatoms. The van der Waals surface area contributed by atoms with Gasteiger partial charge < -0.3 is 10.4 Å². The minimum absolute atomic E-state index is 0.176. The number of nitrogens with one attached hydrogen (secondary N) is 1. The SMILES string of the molecule is CCCC(NC(=O)c1cccc(Cl)c1F)C(=O)O. The van der Waals surface area contributed by atoms with Crippen molar-refractivity contribution in [2.75, 3.05) is 0 Å². The molecular weight excluding hydrogens is 261 g/mol. The van der Waals surface area contributed by atoms with Crippen LogP contribution in [-0.2, 0) is 4.79 Å². The van der Waals surface area contributed by atoms with Gasteiger partial charge in [0.1, 0.15) is 6.04 Å². The fourth-order valence-corrected chi connectivity index (χ4v) is 1.64. The summed E-state index contributed by atoms with van der Waals surface area (Å²) in [5.41, 5.74) is -0.259. The van der Waals surface area contributed by atoms with Crippen LogP contribution >= 0.6 is 11.6 Å². The van der Waals surface area contributed by atoms with Gasteiger partial charge in [-0.3, -0.25) is 4.79 Å². The quantitative estimate of drug-likeness (QED) is 0.866. The summed E-state index contributed by atoms with van der Waals surface area (Å²) in [7, 11) is 0. The van der Waals surface area contributed by atoms with Gasteiger partial charge >= 0.3 is 5.97 Å². The molecule has 18 heavy (non-hydrogen) atoms. The smallest absolute Gasteiger partial charge is 0.326 e. The van der Waals surface area contributed by atoms with Crippen LogP contribution in [0.4, 0.5) is 4.39 Å². The second-order valence-electron chi connectivity index (χ2n) is 3.75. The van der Waals surface area contributed by atoms with Gasteiger partial charge in [-0.25, -0.2) is 9.18 Å². The van der Waals surface area contributed by atoms with E-state index in [0.29, 0.717) is 6.42 Å². The highest BCUT2D eigenvalue weighted by Crippen LogP contribution is 2.17. The van der Waals surface area contributed by atoms with Crippen molar-refractivity contribution in [3.8, 4) is 0 Å². The van der Waals surface area contributed by atoms with Crippen molar-refractivity contribution in [3.63, 3.8) is 0 Å². The largest absolute Gasteiger partial charge is 0.480 e. The van der Waals surface area contributed by atoms with Crippen LogP contribution in [0.15, 0.2) is 18.2 Å². The molecule has 0 aliphatic carbocycles. The van der Waals surface area contributed by atoms with Gasteiger partial charge in [0.2, 0.25) is 0 Å². The van der Waals surface area contributed by atoms with Crippen LogP contribution in [0.25, 0.3) is 0 Å². The highest BCUT2D eigenvalue weighted by molar-refractivity contribution is 6.31. The number of carboxylic acids is 1. The molecule has 0 aromatic heterocycles. The van der Waals surface area contributed by atoms with Gasteiger partial charge in [0.15, 0.2) is 5.82 Å². The lowest BCUT2D eigenvalue weighted by atomic mass is 10.1. The number of halogens is 2. The first-order chi connectivity index (χ1) is 8.47. The molecule has 2 N–H and O–H groups in total. The number of carboxylic acid groups (broad SMARTS) is 1. The minimum Gasteiger partial charge on any atom is -0.480 e. The van der Waals surface area contributed by atoms with E-state index >= 15 is 0 Å². The van der Waals surface area contributed by atoms with Gasteiger partial charge in [-0.05, 0) is 18.6 Å². The number of rotatable bonds is 5. The predicted molar refractivity (Wildman–Crippen MR) is 65.2 cm³/mol. The molecule has 1 aromatic rings. The third kappa shape index (κ3) is 3.43. The molecule has 1 amide bonds. The highest BCUT2D eigenvalue weighted by Gasteiger charge is 2.21. The molecule has 0 aliphatic rings. The third-order valence-electron chi connectivity index (χ3n) is 2.38. The Kier molecular flexibility index (Phi) is 5.09. The molecule has 1 aromatic carbocycles. The Morgan fingerprint density at radius 1 is 1.50 bits per heavy atom. The zero-order chi connectivity index (χ0) is 13.7. The molecule has 98 valence electrons. The highest BCUT2D eigenvalue weighted by atomic mass is 35.5. The van der Waals surface area contributed by atoms with E-state index in [0.717, 1.165) is 0 Å². The molecule has 0 spiro atoms. The number of aliphatic carboxylic acids is 1. The van der Waals surface area contributed by atoms with Gasteiger partial charge in [-0.1, -0.05) is 31.0 Å². The Labute approximate surface area is 109 Å². The van der Waals surface area contributed by atoms with E-state index in [1.165, 1.54) is 18.2 Å². The third-order valence-corrected chi connectivity index (χ3v) is 2.67. The molecule has 1 rings (SSSR count). The normalized spacial score (nSPS) is 11.9. The number of benzene rings is 1. The summed E-state index contributed by atoms with van der Waals surface area (Å²) < 4.78 is 13.5. The monoisotopic (exact) mass is 273 g/mol. The van der Waals surface area contributed by atoms with Gasteiger partial charge in [0.05, 0.1) is 10.6 Å². The van der Waals surface area contributed by atoms with Gasteiger partial charge in [-0.2, -0.15) is 0 Å². The molecule has 0 fully saturated rings. The average Bonchev–Trinajstić information content (AvgIpc) is 2.31. The Balaban J connectivity index is 2.87. The van der Waals surface area contributed by atoms with Crippen LogP contribution in [0, 0.1) is 5.82 Å².